The third-order valence-corrected chi connectivity index (χ3v) is 0. The molecule has 3 heteroatoms. The van der Waals surface area contributed by atoms with Crippen molar-refractivity contribution in [3.63, 3.8) is 0 Å². The van der Waals surface area contributed by atoms with Crippen molar-refractivity contribution in [1.29, 1.82) is 0 Å². The van der Waals surface area contributed by atoms with E-state index in [4.69, 9.17) is 0 Å². The maximum absolute atomic E-state index is 10.9. The van der Waals surface area contributed by atoms with Crippen LogP contribution in [0.25, 0.3) is 0 Å². The van der Waals surface area contributed by atoms with Crippen molar-refractivity contribution in [3.05, 3.63) is 0 Å². The third-order valence-electron chi connectivity index (χ3n) is 0. The predicted molar refractivity (Wildman–Crippen MR) is 24.8 cm³/mol. The first-order valence-corrected chi connectivity index (χ1v) is 9.93. The van der Waals surface area contributed by atoms with Crippen molar-refractivity contribution >= 4 is 0 Å². The Labute approximate surface area is 42.0 Å². The summed E-state index contributed by atoms with van der Waals surface area (Å²) in [5.41, 5.74) is 0. The molecule has 2 nitrogen and oxygen atoms in total. The fourth-order valence-electron chi connectivity index (χ4n) is 0. The van der Waals surface area contributed by atoms with Crippen LogP contribution in [0.2, 0.25) is 20.9 Å². The molecule has 0 aromatic carbocycles. The molecule has 0 saturated carbocycles. The van der Waals surface area contributed by atoms with Crippen molar-refractivity contribution in [2.24, 2.45) is 0 Å². The summed E-state index contributed by atoms with van der Waals surface area (Å²) in [5, 5.41) is 5.22. The van der Waals surface area contributed by atoms with Gasteiger partial charge in [-0.05, 0) is 0 Å². The molecular weight excluding hydrogens is 128 g/mol. The Morgan fingerprint density at radius 3 is 0.857 bits per heavy atom. The fraction of sp³-hybridized carbons (Fsp3) is 1.00. The summed E-state index contributed by atoms with van der Waals surface area (Å²) in [5.74, 6) is 0. The van der Waals surface area contributed by atoms with Crippen LogP contribution in [0.4, 0.5) is 0 Å². The average molecular weight is 140 g/mol. The first-order valence-electron chi connectivity index (χ1n) is 2.41. The van der Waals surface area contributed by atoms with Gasteiger partial charge in [-0.25, -0.2) is 0 Å². The van der Waals surface area contributed by atoms with E-state index in [1.54, 1.807) is 0 Å². The van der Waals surface area contributed by atoms with Gasteiger partial charge in [-0.3, -0.25) is 0 Å². The van der Waals surface area contributed by atoms with E-state index in [-0.39, 0.29) is 0 Å². The van der Waals surface area contributed by atoms with Crippen LogP contribution in [-0.2, 0) is 20.6 Å². The summed E-state index contributed by atoms with van der Waals surface area (Å²) < 4.78 is 21.8. The van der Waals surface area contributed by atoms with E-state index in [9.17, 15) is 6.65 Å². The molecule has 0 radical (unpaired) electrons. The molecular formula is C4H12O2Ti. The van der Waals surface area contributed by atoms with Crippen LogP contribution in [0.1, 0.15) is 0 Å². The molecule has 7 heavy (non-hydrogen) atoms. The molecule has 0 aliphatic heterocycles. The summed E-state index contributed by atoms with van der Waals surface area (Å²) in [6.45, 7) is 0. The standard InChI is InChI=1S/4CH3.2O.Ti/h4*1H3;;;. The molecule has 0 rings (SSSR count). The SMILES string of the molecule is [CH3][Ti]([CH3])([CH3])([CH3])(=[O])=[O]. The molecule has 44 valence electrons. The van der Waals surface area contributed by atoms with E-state index in [1.807, 2.05) is 0 Å². The van der Waals surface area contributed by atoms with Crippen molar-refractivity contribution in [3.8, 4) is 0 Å². The van der Waals surface area contributed by atoms with Crippen LogP contribution >= 0.6 is 0 Å². The van der Waals surface area contributed by atoms with E-state index in [2.05, 4.69) is 0 Å². The zero-order chi connectivity index (χ0) is 6.41. The Balaban J connectivity index is 5.35. The van der Waals surface area contributed by atoms with Crippen LogP contribution in [0, 0.1) is 0 Å². The normalized spacial score (nSPS) is 17.7. The molecule has 0 aromatic heterocycles. The van der Waals surface area contributed by atoms with Crippen molar-refractivity contribution in [2.45, 2.75) is 20.9 Å². The molecule has 0 fully saturated rings. The Hall–Kier alpha value is 0.314. The van der Waals surface area contributed by atoms with E-state index in [1.165, 1.54) is 20.9 Å². The Bertz CT molecular complexity index is 189. The van der Waals surface area contributed by atoms with Gasteiger partial charge in [0, 0.05) is 0 Å². The van der Waals surface area contributed by atoms with Crippen LogP contribution in [0.5, 0.6) is 0 Å². The second-order valence-electron chi connectivity index (χ2n) is 4.72. The van der Waals surface area contributed by atoms with Gasteiger partial charge in [0.15, 0.2) is 0 Å². The third kappa shape index (κ3) is 1190. The second kappa shape index (κ2) is 0.760. The minimum absolute atomic E-state index is 1.31. The zero-order valence-electron chi connectivity index (χ0n) is 5.32. The van der Waals surface area contributed by atoms with Crippen LogP contribution in [-0.4, -0.2) is 0 Å². The van der Waals surface area contributed by atoms with Gasteiger partial charge >= 0.3 is 41.5 Å². The molecule has 0 N–H and O–H groups in total. The average Bonchev–Trinajstić information content (AvgIpc) is 0.592. The molecule has 0 bridgehead atoms. The van der Waals surface area contributed by atoms with E-state index in [0.717, 1.165) is 0 Å². The van der Waals surface area contributed by atoms with E-state index in [0.29, 0.717) is 0 Å². The van der Waals surface area contributed by atoms with Crippen molar-refractivity contribution in [2.75, 3.05) is 0 Å². The first-order chi connectivity index (χ1) is 2.45. The number of hydrogen-bond acceptors (Lipinski definition) is 2. The van der Waals surface area contributed by atoms with Crippen molar-refractivity contribution in [1.82, 2.24) is 0 Å². The van der Waals surface area contributed by atoms with Gasteiger partial charge in [0.05, 0.1) is 0 Å². The maximum atomic E-state index is 10.9. The molecule has 0 aliphatic carbocycles. The van der Waals surface area contributed by atoms with Crippen molar-refractivity contribution < 1.29 is 20.6 Å². The van der Waals surface area contributed by atoms with Crippen LogP contribution < -0.4 is 0 Å². The summed E-state index contributed by atoms with van der Waals surface area (Å²) in [6.07, 6.45) is 0. The molecule has 0 atom stereocenters. The second-order valence-corrected chi connectivity index (χ2v) is 19.4. The van der Waals surface area contributed by atoms with Gasteiger partial charge in [-0.15, -0.1) is 0 Å². The number of rotatable bonds is 0. The molecule has 0 spiro atoms. The summed E-state index contributed by atoms with van der Waals surface area (Å²) in [6, 6.07) is 0. The predicted octanol–water partition coefficient (Wildman–Crippen LogP) is 2.10. The van der Waals surface area contributed by atoms with Gasteiger partial charge in [-0.1, -0.05) is 0 Å². The van der Waals surface area contributed by atoms with Crippen LogP contribution in [0.3, 0.4) is 0 Å². The van der Waals surface area contributed by atoms with Gasteiger partial charge in [0.2, 0.25) is 0 Å². The minimum atomic E-state index is -4.67. The molecule has 0 aliphatic rings. The monoisotopic (exact) mass is 140 g/mol. The quantitative estimate of drug-likeness (QED) is 0.482. The van der Waals surface area contributed by atoms with Gasteiger partial charge in [0.25, 0.3) is 0 Å². The summed E-state index contributed by atoms with van der Waals surface area (Å²) >= 11 is -4.67. The van der Waals surface area contributed by atoms with Gasteiger partial charge in [-0.2, -0.15) is 0 Å². The molecule has 0 heterocycles. The summed E-state index contributed by atoms with van der Waals surface area (Å²) in [7, 11) is 0. The Kier molecular flexibility index (Phi) is 0.795. The Morgan fingerprint density at radius 2 is 0.857 bits per heavy atom. The number of hydrogen-bond donors (Lipinski definition) is 0. The zero-order valence-corrected chi connectivity index (χ0v) is 6.88. The van der Waals surface area contributed by atoms with Gasteiger partial charge < -0.3 is 0 Å². The molecule has 0 unspecified atom stereocenters. The molecule has 0 saturated heterocycles. The molecule has 0 aromatic rings. The first kappa shape index (κ1) is 7.31. The van der Waals surface area contributed by atoms with E-state index < -0.39 is 14.0 Å². The van der Waals surface area contributed by atoms with E-state index >= 15 is 0 Å². The molecule has 0 amide bonds. The van der Waals surface area contributed by atoms with Gasteiger partial charge in [0.1, 0.15) is 0 Å². The Morgan fingerprint density at radius 1 is 0.857 bits per heavy atom. The summed E-state index contributed by atoms with van der Waals surface area (Å²) in [4.78, 5) is 0. The topological polar surface area (TPSA) is 34.1 Å². The fourth-order valence-corrected chi connectivity index (χ4v) is 0. The van der Waals surface area contributed by atoms with Crippen LogP contribution in [0.15, 0.2) is 0 Å².